The van der Waals surface area contributed by atoms with Crippen LogP contribution in [-0.2, 0) is 0 Å². The Hall–Kier alpha value is -2.40. The summed E-state index contributed by atoms with van der Waals surface area (Å²) in [4.78, 5) is 0. The molecule has 2 N–H and O–H groups in total. The Morgan fingerprint density at radius 3 is 2.61 bits per heavy atom. The molecular weight excluding hydrogens is 222 g/mol. The van der Waals surface area contributed by atoms with Crippen molar-refractivity contribution in [3.63, 3.8) is 0 Å². The average molecular weight is 237 g/mol. The van der Waals surface area contributed by atoms with Crippen molar-refractivity contribution in [2.45, 2.75) is 6.92 Å². The van der Waals surface area contributed by atoms with Gasteiger partial charge < -0.3 is 10.5 Å². The molecule has 18 heavy (non-hydrogen) atoms. The van der Waals surface area contributed by atoms with Crippen molar-refractivity contribution in [3.8, 4) is 17.6 Å². The van der Waals surface area contributed by atoms with Crippen LogP contribution in [0.2, 0.25) is 0 Å². The summed E-state index contributed by atoms with van der Waals surface area (Å²) in [5.74, 6) is 6.86. The normalized spacial score (nSPS) is 9.39. The monoisotopic (exact) mass is 237 g/mol. The van der Waals surface area contributed by atoms with Crippen molar-refractivity contribution in [1.82, 2.24) is 0 Å². The van der Waals surface area contributed by atoms with Crippen LogP contribution in [0.1, 0.15) is 11.1 Å². The first-order chi connectivity index (χ1) is 8.75. The van der Waals surface area contributed by atoms with Gasteiger partial charge in [-0.05, 0) is 42.8 Å². The Morgan fingerprint density at radius 1 is 1.11 bits per heavy atom. The van der Waals surface area contributed by atoms with Crippen LogP contribution in [0.4, 0.5) is 5.69 Å². The number of nitrogens with two attached hydrogens (primary N) is 1. The molecule has 90 valence electrons. The standard InChI is InChI=1S/C16H15NO/c1-13-12-15(17)9-10-16(13)18-11-5-8-14-6-3-2-4-7-14/h2-4,6-7,9-10,12H,11,17H2,1H3. The molecule has 0 aliphatic carbocycles. The van der Waals surface area contributed by atoms with E-state index in [4.69, 9.17) is 10.5 Å². The number of benzene rings is 2. The second kappa shape index (κ2) is 5.79. The highest BCUT2D eigenvalue weighted by molar-refractivity contribution is 5.47. The minimum absolute atomic E-state index is 0.375. The zero-order valence-corrected chi connectivity index (χ0v) is 10.3. The molecule has 0 radical (unpaired) electrons. The van der Waals surface area contributed by atoms with Crippen LogP contribution in [0.15, 0.2) is 48.5 Å². The maximum Gasteiger partial charge on any atom is 0.149 e. The van der Waals surface area contributed by atoms with Gasteiger partial charge in [0.15, 0.2) is 0 Å². The summed E-state index contributed by atoms with van der Waals surface area (Å²) >= 11 is 0. The lowest BCUT2D eigenvalue weighted by molar-refractivity contribution is 0.367. The van der Waals surface area contributed by atoms with Crippen LogP contribution in [0.3, 0.4) is 0 Å². The molecule has 2 heteroatoms. The molecule has 2 rings (SSSR count). The summed E-state index contributed by atoms with van der Waals surface area (Å²) in [7, 11) is 0. The number of hydrogen-bond acceptors (Lipinski definition) is 2. The van der Waals surface area contributed by atoms with E-state index in [0.29, 0.717) is 6.61 Å². The summed E-state index contributed by atoms with van der Waals surface area (Å²) in [5, 5.41) is 0. The molecule has 0 aliphatic heterocycles. The van der Waals surface area contributed by atoms with Crippen molar-refractivity contribution in [2.24, 2.45) is 0 Å². The number of hydrogen-bond donors (Lipinski definition) is 1. The van der Waals surface area contributed by atoms with E-state index < -0.39 is 0 Å². The van der Waals surface area contributed by atoms with Gasteiger partial charge in [0.05, 0.1) is 0 Å². The second-order valence-electron chi connectivity index (χ2n) is 3.98. The van der Waals surface area contributed by atoms with Crippen molar-refractivity contribution >= 4 is 5.69 Å². The molecule has 0 bridgehead atoms. The molecule has 0 aliphatic rings. The molecule has 2 aromatic carbocycles. The van der Waals surface area contributed by atoms with Gasteiger partial charge in [-0.2, -0.15) is 0 Å². The first-order valence-corrected chi connectivity index (χ1v) is 5.78. The largest absolute Gasteiger partial charge is 0.481 e. The van der Waals surface area contributed by atoms with Crippen molar-refractivity contribution in [3.05, 3.63) is 59.7 Å². The van der Waals surface area contributed by atoms with Crippen LogP contribution in [-0.4, -0.2) is 6.61 Å². The Bertz CT molecular complexity index is 579. The molecule has 0 spiro atoms. The van der Waals surface area contributed by atoms with Gasteiger partial charge in [-0.15, -0.1) is 0 Å². The van der Waals surface area contributed by atoms with Gasteiger partial charge in [-0.3, -0.25) is 0 Å². The van der Waals surface area contributed by atoms with Crippen LogP contribution in [0.25, 0.3) is 0 Å². The Labute approximate surface area is 107 Å². The maximum absolute atomic E-state index is 5.67. The predicted molar refractivity (Wildman–Crippen MR) is 74.4 cm³/mol. The molecule has 0 heterocycles. The zero-order valence-electron chi connectivity index (χ0n) is 10.3. The second-order valence-corrected chi connectivity index (χ2v) is 3.98. The Kier molecular flexibility index (Phi) is 3.88. The SMILES string of the molecule is Cc1cc(N)ccc1OCC#Cc1ccccc1. The van der Waals surface area contributed by atoms with Crippen LogP contribution in [0, 0.1) is 18.8 Å². The quantitative estimate of drug-likeness (QED) is 0.643. The third-order valence-electron chi connectivity index (χ3n) is 2.51. The van der Waals surface area contributed by atoms with Crippen LogP contribution in [0.5, 0.6) is 5.75 Å². The third-order valence-corrected chi connectivity index (χ3v) is 2.51. The number of nitrogen functional groups attached to an aromatic ring is 1. The summed E-state index contributed by atoms with van der Waals surface area (Å²) in [5.41, 5.74) is 8.44. The fourth-order valence-corrected chi connectivity index (χ4v) is 1.61. The van der Waals surface area contributed by atoms with Gasteiger partial charge in [0.2, 0.25) is 0 Å². The van der Waals surface area contributed by atoms with E-state index in [-0.39, 0.29) is 0 Å². The zero-order chi connectivity index (χ0) is 12.8. The number of anilines is 1. The first-order valence-electron chi connectivity index (χ1n) is 5.78. The highest BCUT2D eigenvalue weighted by atomic mass is 16.5. The van der Waals surface area contributed by atoms with Gasteiger partial charge in [0, 0.05) is 11.3 Å². The van der Waals surface area contributed by atoms with E-state index in [0.717, 1.165) is 22.6 Å². The minimum atomic E-state index is 0.375. The molecule has 2 nitrogen and oxygen atoms in total. The van der Waals surface area contributed by atoms with E-state index in [1.54, 1.807) is 0 Å². The smallest absolute Gasteiger partial charge is 0.149 e. The topological polar surface area (TPSA) is 35.2 Å². The van der Waals surface area contributed by atoms with Crippen molar-refractivity contribution in [1.29, 1.82) is 0 Å². The lowest BCUT2D eigenvalue weighted by atomic mass is 10.2. The number of rotatable bonds is 2. The van der Waals surface area contributed by atoms with E-state index in [1.165, 1.54) is 0 Å². The lowest BCUT2D eigenvalue weighted by Gasteiger charge is -2.06. The minimum Gasteiger partial charge on any atom is -0.481 e. The molecule has 0 amide bonds. The van der Waals surface area contributed by atoms with Crippen LogP contribution >= 0.6 is 0 Å². The molecule has 0 fully saturated rings. The van der Waals surface area contributed by atoms with Crippen LogP contribution < -0.4 is 10.5 Å². The lowest BCUT2D eigenvalue weighted by Crippen LogP contribution is -1.97. The predicted octanol–water partition coefficient (Wildman–Crippen LogP) is 3.01. The number of aryl methyl sites for hydroxylation is 1. The summed E-state index contributed by atoms with van der Waals surface area (Å²) in [6.45, 7) is 2.34. The van der Waals surface area contributed by atoms with Gasteiger partial charge in [-0.25, -0.2) is 0 Å². The molecule has 0 unspecified atom stereocenters. The molecule has 0 atom stereocenters. The van der Waals surface area contributed by atoms with Gasteiger partial charge in [-0.1, -0.05) is 30.0 Å². The summed E-state index contributed by atoms with van der Waals surface area (Å²) in [6.07, 6.45) is 0. The van der Waals surface area contributed by atoms with E-state index in [1.807, 2.05) is 55.5 Å². The summed E-state index contributed by atoms with van der Waals surface area (Å²) in [6, 6.07) is 15.4. The average Bonchev–Trinajstić information content (AvgIpc) is 2.38. The molecular formula is C16H15NO. The fourth-order valence-electron chi connectivity index (χ4n) is 1.61. The first kappa shape index (κ1) is 12.1. The fraction of sp³-hybridized carbons (Fsp3) is 0.125. The maximum atomic E-state index is 5.67. The van der Waals surface area contributed by atoms with Gasteiger partial charge in [0.1, 0.15) is 12.4 Å². The highest BCUT2D eigenvalue weighted by Crippen LogP contribution is 2.19. The van der Waals surface area contributed by atoms with Crippen molar-refractivity contribution < 1.29 is 4.74 Å². The van der Waals surface area contributed by atoms with E-state index in [2.05, 4.69) is 11.8 Å². The molecule has 0 aromatic heterocycles. The van der Waals surface area contributed by atoms with E-state index in [9.17, 15) is 0 Å². The Balaban J connectivity index is 1.95. The van der Waals surface area contributed by atoms with Gasteiger partial charge in [0.25, 0.3) is 0 Å². The number of ether oxygens (including phenoxy) is 1. The third kappa shape index (κ3) is 3.29. The van der Waals surface area contributed by atoms with Crippen molar-refractivity contribution in [2.75, 3.05) is 12.3 Å². The molecule has 0 saturated carbocycles. The highest BCUT2D eigenvalue weighted by Gasteiger charge is 1.97. The summed E-state index contributed by atoms with van der Waals surface area (Å²) < 4.78 is 5.58. The Morgan fingerprint density at radius 2 is 1.89 bits per heavy atom. The van der Waals surface area contributed by atoms with E-state index >= 15 is 0 Å². The molecule has 2 aromatic rings. The molecule has 0 saturated heterocycles. The van der Waals surface area contributed by atoms with Gasteiger partial charge >= 0.3 is 0 Å².